The van der Waals surface area contributed by atoms with Crippen LogP contribution in [0.1, 0.15) is 25.5 Å². The lowest BCUT2D eigenvalue weighted by molar-refractivity contribution is -0.0867. The largest absolute Gasteiger partial charge is 0.352 e. The molecule has 2 rings (SSSR count). The predicted molar refractivity (Wildman–Crippen MR) is 67.0 cm³/mol. The normalized spacial score (nSPS) is 24.0. The SMILES string of the molecule is C#CCC(ON)[C@@H]1CC[C@H](n2ccc(=O)[nH]c2=O)O1. The molecular weight excluding hydrogens is 250 g/mol. The van der Waals surface area contributed by atoms with Gasteiger partial charge in [-0.2, -0.15) is 0 Å². The van der Waals surface area contributed by atoms with Crippen LogP contribution in [-0.2, 0) is 9.57 Å². The lowest BCUT2D eigenvalue weighted by Gasteiger charge is -2.20. The second-order valence-electron chi connectivity index (χ2n) is 4.31. The Morgan fingerprint density at radius 1 is 1.63 bits per heavy atom. The quantitative estimate of drug-likeness (QED) is 0.564. The third-order valence-electron chi connectivity index (χ3n) is 3.10. The zero-order chi connectivity index (χ0) is 13.8. The van der Waals surface area contributed by atoms with E-state index in [1.54, 1.807) is 0 Å². The van der Waals surface area contributed by atoms with E-state index in [1.807, 2.05) is 0 Å². The zero-order valence-corrected chi connectivity index (χ0v) is 10.2. The summed E-state index contributed by atoms with van der Waals surface area (Å²) in [6, 6.07) is 1.27. The van der Waals surface area contributed by atoms with E-state index in [0.29, 0.717) is 19.3 Å². The first-order chi connectivity index (χ1) is 9.15. The zero-order valence-electron chi connectivity index (χ0n) is 10.2. The molecule has 0 bridgehead atoms. The molecule has 102 valence electrons. The average Bonchev–Trinajstić information content (AvgIpc) is 2.85. The summed E-state index contributed by atoms with van der Waals surface area (Å²) in [5.74, 6) is 7.65. The number of aromatic amines is 1. The molecule has 3 atom stereocenters. The monoisotopic (exact) mass is 265 g/mol. The summed E-state index contributed by atoms with van der Waals surface area (Å²) in [6.45, 7) is 0. The van der Waals surface area contributed by atoms with Gasteiger partial charge in [0.2, 0.25) is 0 Å². The molecule has 1 saturated heterocycles. The molecule has 7 nitrogen and oxygen atoms in total. The Balaban J connectivity index is 2.12. The Morgan fingerprint density at radius 2 is 2.42 bits per heavy atom. The van der Waals surface area contributed by atoms with Gasteiger partial charge in [0.25, 0.3) is 5.56 Å². The van der Waals surface area contributed by atoms with Crippen molar-refractivity contribution >= 4 is 0 Å². The van der Waals surface area contributed by atoms with Crippen molar-refractivity contribution < 1.29 is 9.57 Å². The van der Waals surface area contributed by atoms with Crippen LogP contribution in [0.15, 0.2) is 21.9 Å². The Morgan fingerprint density at radius 3 is 3.05 bits per heavy atom. The van der Waals surface area contributed by atoms with Crippen LogP contribution in [0, 0.1) is 12.3 Å². The number of nitrogens with one attached hydrogen (secondary N) is 1. The summed E-state index contributed by atoms with van der Waals surface area (Å²) in [5.41, 5.74) is -0.938. The molecule has 0 aromatic carbocycles. The summed E-state index contributed by atoms with van der Waals surface area (Å²) in [6.07, 6.45) is 7.19. The van der Waals surface area contributed by atoms with Crippen LogP contribution in [0.25, 0.3) is 0 Å². The molecule has 0 aliphatic carbocycles. The highest BCUT2D eigenvalue weighted by Gasteiger charge is 2.33. The van der Waals surface area contributed by atoms with Crippen molar-refractivity contribution in [2.24, 2.45) is 5.90 Å². The highest BCUT2D eigenvalue weighted by Crippen LogP contribution is 2.30. The van der Waals surface area contributed by atoms with E-state index in [9.17, 15) is 9.59 Å². The van der Waals surface area contributed by atoms with Gasteiger partial charge in [-0.05, 0) is 12.8 Å². The standard InChI is InChI=1S/C12H15N3O4/c1-2-3-9(19-13)8-4-5-11(18-8)15-7-6-10(16)14-12(15)17/h1,6-9,11H,3-5,13H2,(H,14,16,17)/t8-,9?,11+/m0/s1. The minimum absolute atomic E-state index is 0.259. The molecule has 1 aromatic rings. The molecular formula is C12H15N3O4. The van der Waals surface area contributed by atoms with Crippen LogP contribution >= 0.6 is 0 Å². The molecule has 1 unspecified atom stereocenters. The van der Waals surface area contributed by atoms with E-state index >= 15 is 0 Å². The van der Waals surface area contributed by atoms with Gasteiger partial charge in [-0.15, -0.1) is 12.3 Å². The van der Waals surface area contributed by atoms with Gasteiger partial charge in [0.1, 0.15) is 12.3 Å². The summed E-state index contributed by atoms with van der Waals surface area (Å²) in [4.78, 5) is 29.6. The molecule has 19 heavy (non-hydrogen) atoms. The Bertz CT molecular complexity index is 586. The van der Waals surface area contributed by atoms with Crippen molar-refractivity contribution in [2.45, 2.75) is 37.7 Å². The smallest absolute Gasteiger partial charge is 0.330 e. The van der Waals surface area contributed by atoms with Gasteiger partial charge in [0.15, 0.2) is 0 Å². The van der Waals surface area contributed by atoms with Crippen molar-refractivity contribution in [1.82, 2.24) is 9.55 Å². The molecule has 1 aromatic heterocycles. The van der Waals surface area contributed by atoms with Crippen LogP contribution in [-0.4, -0.2) is 21.8 Å². The predicted octanol–water partition coefficient (Wildman–Crippen LogP) is -0.504. The molecule has 0 spiro atoms. The summed E-state index contributed by atoms with van der Waals surface area (Å²) in [5, 5.41) is 0. The maximum absolute atomic E-state index is 11.6. The number of terminal acetylenes is 1. The van der Waals surface area contributed by atoms with Gasteiger partial charge in [0.05, 0.1) is 6.10 Å². The fourth-order valence-electron chi connectivity index (χ4n) is 2.16. The van der Waals surface area contributed by atoms with Crippen LogP contribution in [0.2, 0.25) is 0 Å². The summed E-state index contributed by atoms with van der Waals surface area (Å²) in [7, 11) is 0. The summed E-state index contributed by atoms with van der Waals surface area (Å²) < 4.78 is 7.05. The third-order valence-corrected chi connectivity index (χ3v) is 3.10. The van der Waals surface area contributed by atoms with Crippen molar-refractivity contribution in [3.05, 3.63) is 33.1 Å². The maximum Gasteiger partial charge on any atom is 0.330 e. The number of hydrogen-bond donors (Lipinski definition) is 2. The van der Waals surface area contributed by atoms with E-state index < -0.39 is 23.6 Å². The van der Waals surface area contributed by atoms with E-state index in [1.165, 1.54) is 16.8 Å². The second kappa shape index (κ2) is 5.84. The number of hydrogen-bond acceptors (Lipinski definition) is 5. The molecule has 0 amide bonds. The van der Waals surface area contributed by atoms with Crippen molar-refractivity contribution in [1.29, 1.82) is 0 Å². The van der Waals surface area contributed by atoms with Gasteiger partial charge in [-0.25, -0.2) is 10.7 Å². The first-order valence-electron chi connectivity index (χ1n) is 5.91. The average molecular weight is 265 g/mol. The van der Waals surface area contributed by atoms with E-state index in [0.717, 1.165) is 0 Å². The van der Waals surface area contributed by atoms with Gasteiger partial charge in [-0.3, -0.25) is 19.2 Å². The molecule has 1 aliphatic heterocycles. The van der Waals surface area contributed by atoms with Gasteiger partial charge in [-0.1, -0.05) is 0 Å². The van der Waals surface area contributed by atoms with Crippen molar-refractivity contribution in [3.8, 4) is 12.3 Å². The minimum Gasteiger partial charge on any atom is -0.352 e. The van der Waals surface area contributed by atoms with Crippen molar-refractivity contribution in [2.75, 3.05) is 0 Å². The number of rotatable bonds is 4. The number of aromatic nitrogens is 2. The third kappa shape index (κ3) is 2.93. The van der Waals surface area contributed by atoms with Gasteiger partial charge in [0, 0.05) is 18.7 Å². The van der Waals surface area contributed by atoms with E-state index in [-0.39, 0.29) is 6.10 Å². The number of H-pyrrole nitrogens is 1. The summed E-state index contributed by atoms with van der Waals surface area (Å²) >= 11 is 0. The maximum atomic E-state index is 11.6. The Labute approximate surface area is 109 Å². The van der Waals surface area contributed by atoms with Crippen LogP contribution < -0.4 is 17.1 Å². The van der Waals surface area contributed by atoms with Gasteiger partial charge >= 0.3 is 5.69 Å². The lowest BCUT2D eigenvalue weighted by Crippen LogP contribution is -2.34. The number of nitrogens with zero attached hydrogens (tertiary/aromatic N) is 1. The van der Waals surface area contributed by atoms with Crippen LogP contribution in [0.5, 0.6) is 0 Å². The second-order valence-corrected chi connectivity index (χ2v) is 4.31. The highest BCUT2D eigenvalue weighted by molar-refractivity contribution is 4.93. The Hall–Kier alpha value is -1.88. The molecule has 0 radical (unpaired) electrons. The van der Waals surface area contributed by atoms with E-state index in [2.05, 4.69) is 10.9 Å². The van der Waals surface area contributed by atoms with Crippen molar-refractivity contribution in [3.63, 3.8) is 0 Å². The number of nitrogens with two attached hydrogens (primary N) is 1. The Kier molecular flexibility index (Phi) is 4.16. The fraction of sp³-hybridized carbons (Fsp3) is 0.500. The van der Waals surface area contributed by atoms with Gasteiger partial charge < -0.3 is 4.74 Å². The first-order valence-corrected chi connectivity index (χ1v) is 5.91. The molecule has 3 N–H and O–H groups in total. The van der Waals surface area contributed by atoms with Crippen LogP contribution in [0.4, 0.5) is 0 Å². The topological polar surface area (TPSA) is 99.3 Å². The van der Waals surface area contributed by atoms with Crippen LogP contribution in [0.3, 0.4) is 0 Å². The minimum atomic E-state index is -0.500. The molecule has 1 aliphatic rings. The fourth-order valence-corrected chi connectivity index (χ4v) is 2.16. The number of ether oxygens (including phenoxy) is 1. The first kappa shape index (κ1) is 13.5. The molecule has 1 fully saturated rings. The molecule has 2 heterocycles. The molecule has 7 heteroatoms. The van der Waals surface area contributed by atoms with E-state index in [4.69, 9.17) is 21.9 Å². The lowest BCUT2D eigenvalue weighted by atomic mass is 10.1. The highest BCUT2D eigenvalue weighted by atomic mass is 16.6. The molecule has 0 saturated carbocycles.